The van der Waals surface area contributed by atoms with Crippen LogP contribution in [0.2, 0.25) is 0 Å². The van der Waals surface area contributed by atoms with Crippen molar-refractivity contribution in [2.75, 3.05) is 4.72 Å². The number of hydrogen-bond donors (Lipinski definition) is 2. The zero-order chi connectivity index (χ0) is 16.0. The van der Waals surface area contributed by atoms with E-state index in [0.29, 0.717) is 5.69 Å². The van der Waals surface area contributed by atoms with Gasteiger partial charge in [0.15, 0.2) is 0 Å². The van der Waals surface area contributed by atoms with Crippen molar-refractivity contribution in [3.05, 3.63) is 54.1 Å². The average Bonchev–Trinajstić information content (AvgIpc) is 2.50. The highest BCUT2D eigenvalue weighted by Crippen LogP contribution is 2.19. The molecule has 4 nitrogen and oxygen atoms in total. The molecular formula is C17H21NO3S. The Bertz CT molecular complexity index is 692. The van der Waals surface area contributed by atoms with Crippen LogP contribution in [-0.2, 0) is 16.4 Å². The second kappa shape index (κ2) is 7.31. The molecule has 2 aromatic rings. The van der Waals surface area contributed by atoms with Crippen LogP contribution in [0, 0.1) is 0 Å². The Morgan fingerprint density at radius 1 is 0.955 bits per heavy atom. The van der Waals surface area contributed by atoms with Gasteiger partial charge in [-0.3, -0.25) is 4.72 Å². The molecule has 5 heteroatoms. The lowest BCUT2D eigenvalue weighted by Gasteiger charge is -2.09. The highest BCUT2D eigenvalue weighted by Gasteiger charge is 2.13. The standard InChI is InChI=1S/C17H21NO3S/c1-2-3-4-5-14-6-12-17(13-7-14)22(20,21)18-15-8-10-16(19)11-9-15/h6-13,18-19H,2-5H2,1H3. The smallest absolute Gasteiger partial charge is 0.261 e. The van der Waals surface area contributed by atoms with Crippen molar-refractivity contribution in [1.82, 2.24) is 0 Å². The monoisotopic (exact) mass is 319 g/mol. The number of phenolic OH excluding ortho intramolecular Hbond substituents is 1. The number of aryl methyl sites for hydroxylation is 1. The van der Waals surface area contributed by atoms with Gasteiger partial charge in [-0.2, -0.15) is 0 Å². The third kappa shape index (κ3) is 4.49. The first-order valence-electron chi connectivity index (χ1n) is 7.42. The van der Waals surface area contributed by atoms with Crippen LogP contribution in [0.25, 0.3) is 0 Å². The molecule has 0 fully saturated rings. The van der Waals surface area contributed by atoms with E-state index in [-0.39, 0.29) is 10.6 Å². The molecule has 0 heterocycles. The topological polar surface area (TPSA) is 66.4 Å². The zero-order valence-electron chi connectivity index (χ0n) is 12.6. The van der Waals surface area contributed by atoms with Gasteiger partial charge in [-0.05, 0) is 54.8 Å². The van der Waals surface area contributed by atoms with Crippen LogP contribution in [-0.4, -0.2) is 13.5 Å². The van der Waals surface area contributed by atoms with E-state index in [9.17, 15) is 13.5 Å². The maximum Gasteiger partial charge on any atom is 0.261 e. The Labute approximate surface area is 131 Å². The molecule has 0 spiro atoms. The number of anilines is 1. The second-order valence-corrected chi connectivity index (χ2v) is 6.94. The van der Waals surface area contributed by atoms with Crippen molar-refractivity contribution in [2.45, 2.75) is 37.5 Å². The summed E-state index contributed by atoms with van der Waals surface area (Å²) in [7, 11) is -3.60. The Kier molecular flexibility index (Phi) is 5.44. The molecule has 2 N–H and O–H groups in total. The van der Waals surface area contributed by atoms with E-state index in [1.165, 1.54) is 37.1 Å². The molecule has 118 valence electrons. The van der Waals surface area contributed by atoms with Crippen molar-refractivity contribution in [1.29, 1.82) is 0 Å². The van der Waals surface area contributed by atoms with Gasteiger partial charge >= 0.3 is 0 Å². The van der Waals surface area contributed by atoms with Crippen molar-refractivity contribution in [2.24, 2.45) is 0 Å². The van der Waals surface area contributed by atoms with E-state index in [2.05, 4.69) is 11.6 Å². The van der Waals surface area contributed by atoms with Gasteiger partial charge in [0.25, 0.3) is 10.0 Å². The fourth-order valence-electron chi connectivity index (χ4n) is 2.16. The number of rotatable bonds is 7. The van der Waals surface area contributed by atoms with Crippen LogP contribution in [0.15, 0.2) is 53.4 Å². The molecule has 2 rings (SSSR count). The quantitative estimate of drug-likeness (QED) is 0.600. The van der Waals surface area contributed by atoms with Gasteiger partial charge < -0.3 is 5.11 Å². The molecule has 0 radical (unpaired) electrons. The summed E-state index contributed by atoms with van der Waals surface area (Å²) < 4.78 is 27.1. The van der Waals surface area contributed by atoms with Crippen molar-refractivity contribution < 1.29 is 13.5 Å². The minimum atomic E-state index is -3.60. The van der Waals surface area contributed by atoms with Crippen LogP contribution < -0.4 is 4.72 Å². The highest BCUT2D eigenvalue weighted by atomic mass is 32.2. The molecule has 0 saturated carbocycles. The predicted molar refractivity (Wildman–Crippen MR) is 88.6 cm³/mol. The lowest BCUT2D eigenvalue weighted by atomic mass is 10.1. The van der Waals surface area contributed by atoms with Gasteiger partial charge in [0, 0.05) is 5.69 Å². The Morgan fingerprint density at radius 2 is 1.59 bits per heavy atom. The third-order valence-electron chi connectivity index (χ3n) is 3.42. The first kappa shape index (κ1) is 16.4. The Hall–Kier alpha value is -2.01. The van der Waals surface area contributed by atoms with Gasteiger partial charge in [0.05, 0.1) is 4.90 Å². The van der Waals surface area contributed by atoms with Gasteiger partial charge in [-0.15, -0.1) is 0 Å². The maximum atomic E-state index is 12.3. The van der Waals surface area contributed by atoms with E-state index >= 15 is 0 Å². The lowest BCUT2D eigenvalue weighted by molar-refractivity contribution is 0.475. The van der Waals surface area contributed by atoms with Gasteiger partial charge in [-0.1, -0.05) is 31.9 Å². The summed E-state index contributed by atoms with van der Waals surface area (Å²) >= 11 is 0. The van der Waals surface area contributed by atoms with E-state index in [0.717, 1.165) is 18.4 Å². The Morgan fingerprint density at radius 3 is 2.18 bits per heavy atom. The van der Waals surface area contributed by atoms with Crippen LogP contribution in [0.4, 0.5) is 5.69 Å². The summed E-state index contributed by atoms with van der Waals surface area (Å²) in [5, 5.41) is 9.21. The van der Waals surface area contributed by atoms with Gasteiger partial charge in [0.1, 0.15) is 5.75 Å². The molecule has 0 aliphatic heterocycles. The number of aromatic hydroxyl groups is 1. The summed E-state index contributed by atoms with van der Waals surface area (Å²) in [4.78, 5) is 0.236. The van der Waals surface area contributed by atoms with Gasteiger partial charge in [0.2, 0.25) is 0 Å². The van der Waals surface area contributed by atoms with E-state index in [1.54, 1.807) is 12.1 Å². The van der Waals surface area contributed by atoms with E-state index in [1.807, 2.05) is 12.1 Å². The van der Waals surface area contributed by atoms with E-state index < -0.39 is 10.0 Å². The zero-order valence-corrected chi connectivity index (χ0v) is 13.4. The molecular weight excluding hydrogens is 298 g/mol. The third-order valence-corrected chi connectivity index (χ3v) is 4.82. The molecule has 22 heavy (non-hydrogen) atoms. The summed E-state index contributed by atoms with van der Waals surface area (Å²) in [6.45, 7) is 2.16. The largest absolute Gasteiger partial charge is 0.508 e. The molecule has 0 amide bonds. The van der Waals surface area contributed by atoms with Gasteiger partial charge in [-0.25, -0.2) is 8.42 Å². The van der Waals surface area contributed by atoms with Crippen molar-refractivity contribution in [3.63, 3.8) is 0 Å². The molecule has 0 aromatic heterocycles. The number of hydrogen-bond acceptors (Lipinski definition) is 3. The maximum absolute atomic E-state index is 12.3. The van der Waals surface area contributed by atoms with Crippen LogP contribution in [0.3, 0.4) is 0 Å². The average molecular weight is 319 g/mol. The normalized spacial score (nSPS) is 11.3. The number of nitrogens with one attached hydrogen (secondary N) is 1. The SMILES string of the molecule is CCCCCc1ccc(S(=O)(=O)Nc2ccc(O)cc2)cc1. The first-order chi connectivity index (χ1) is 10.5. The van der Waals surface area contributed by atoms with Crippen LogP contribution in [0.1, 0.15) is 31.7 Å². The number of sulfonamides is 1. The predicted octanol–water partition coefficient (Wildman–Crippen LogP) is 3.93. The fourth-order valence-corrected chi connectivity index (χ4v) is 3.22. The molecule has 0 aliphatic rings. The molecule has 0 aliphatic carbocycles. The van der Waals surface area contributed by atoms with Crippen molar-refractivity contribution in [3.8, 4) is 5.75 Å². The number of benzene rings is 2. The van der Waals surface area contributed by atoms with Crippen LogP contribution >= 0.6 is 0 Å². The minimum absolute atomic E-state index is 0.0966. The summed E-state index contributed by atoms with van der Waals surface area (Å²) in [5.41, 5.74) is 1.57. The number of unbranched alkanes of at least 4 members (excludes halogenated alkanes) is 2. The van der Waals surface area contributed by atoms with E-state index in [4.69, 9.17) is 0 Å². The lowest BCUT2D eigenvalue weighted by Crippen LogP contribution is -2.12. The number of phenols is 1. The van der Waals surface area contributed by atoms with Crippen molar-refractivity contribution >= 4 is 15.7 Å². The van der Waals surface area contributed by atoms with Crippen LogP contribution in [0.5, 0.6) is 5.75 Å². The highest BCUT2D eigenvalue weighted by molar-refractivity contribution is 7.92. The summed E-state index contributed by atoms with van der Waals surface area (Å²) in [6, 6.07) is 12.9. The Balaban J connectivity index is 2.07. The summed E-state index contributed by atoms with van der Waals surface area (Å²) in [6.07, 6.45) is 4.44. The first-order valence-corrected chi connectivity index (χ1v) is 8.90. The molecule has 0 bridgehead atoms. The fraction of sp³-hybridized carbons (Fsp3) is 0.294. The second-order valence-electron chi connectivity index (χ2n) is 5.25. The summed E-state index contributed by atoms with van der Waals surface area (Å²) in [5.74, 6) is 0.0966. The molecule has 0 unspecified atom stereocenters. The minimum Gasteiger partial charge on any atom is -0.508 e. The molecule has 0 atom stereocenters. The molecule has 2 aromatic carbocycles. The molecule has 0 saturated heterocycles.